The van der Waals surface area contributed by atoms with Crippen LogP contribution in [0.4, 0.5) is 11.4 Å². The summed E-state index contributed by atoms with van der Waals surface area (Å²) < 4.78 is 7.76. The van der Waals surface area contributed by atoms with E-state index in [2.05, 4.69) is 39.5 Å². The molecule has 1 saturated carbocycles. The monoisotopic (exact) mass is 446 g/mol. The first-order valence-corrected chi connectivity index (χ1v) is 11.3. The van der Waals surface area contributed by atoms with E-state index in [0.717, 1.165) is 42.2 Å². The molecule has 1 aliphatic carbocycles. The average molecular weight is 447 g/mol. The Morgan fingerprint density at radius 3 is 2.76 bits per heavy atom. The van der Waals surface area contributed by atoms with E-state index in [1.165, 1.54) is 6.20 Å². The number of carbonyl (C=O) groups is 2. The number of nitrogens with one attached hydrogen (secondary N) is 2. The van der Waals surface area contributed by atoms with Crippen molar-refractivity contribution in [2.24, 2.45) is 17.8 Å². The molecule has 6 rings (SSSR count). The Kier molecular flexibility index (Phi) is 4.21. The topological polar surface area (TPSA) is 101 Å². The minimum absolute atomic E-state index is 0.0961. The Balaban J connectivity index is 1.32. The first kappa shape index (κ1) is 20.0. The van der Waals surface area contributed by atoms with Crippen molar-refractivity contribution in [1.29, 1.82) is 0 Å². The maximum atomic E-state index is 13.2. The van der Waals surface area contributed by atoms with Gasteiger partial charge >= 0.3 is 0 Å². The van der Waals surface area contributed by atoms with Crippen LogP contribution in [-0.4, -0.2) is 52.2 Å². The predicted octanol–water partition coefficient (Wildman–Crippen LogP) is 2.12. The van der Waals surface area contributed by atoms with Crippen LogP contribution in [0.5, 0.6) is 5.75 Å². The molecule has 3 atom stereocenters. The summed E-state index contributed by atoms with van der Waals surface area (Å²) in [5.74, 6) is 1.52. The predicted molar refractivity (Wildman–Crippen MR) is 123 cm³/mol. The molecule has 3 aromatic rings. The molecular formula is C24H26N6O3. The third-order valence-corrected chi connectivity index (χ3v) is 7.04. The van der Waals surface area contributed by atoms with E-state index in [9.17, 15) is 9.59 Å². The van der Waals surface area contributed by atoms with Crippen molar-refractivity contribution < 1.29 is 14.3 Å². The van der Waals surface area contributed by atoms with E-state index < -0.39 is 0 Å². The number of amides is 2. The molecule has 3 aliphatic rings. The first-order valence-electron chi connectivity index (χ1n) is 11.3. The van der Waals surface area contributed by atoms with Crippen LogP contribution in [0.1, 0.15) is 29.8 Å². The van der Waals surface area contributed by atoms with Gasteiger partial charge in [0.05, 0.1) is 17.6 Å². The lowest BCUT2D eigenvalue weighted by Crippen LogP contribution is -2.30. The van der Waals surface area contributed by atoms with Crippen molar-refractivity contribution in [1.82, 2.24) is 19.9 Å². The van der Waals surface area contributed by atoms with Gasteiger partial charge < -0.3 is 20.3 Å². The highest BCUT2D eigenvalue weighted by atomic mass is 16.5. The summed E-state index contributed by atoms with van der Waals surface area (Å²) >= 11 is 0. The Labute approximate surface area is 191 Å². The van der Waals surface area contributed by atoms with Crippen LogP contribution in [-0.2, 0) is 11.2 Å². The fourth-order valence-corrected chi connectivity index (χ4v) is 5.46. The second-order valence-electron chi connectivity index (χ2n) is 9.79. The quantitative estimate of drug-likeness (QED) is 0.637. The number of benzene rings is 1. The lowest BCUT2D eigenvalue weighted by molar-refractivity contribution is -0.122. The summed E-state index contributed by atoms with van der Waals surface area (Å²) in [6, 6.07) is 5.83. The zero-order valence-electron chi connectivity index (χ0n) is 18.8. The first-order chi connectivity index (χ1) is 15.8. The van der Waals surface area contributed by atoms with E-state index in [-0.39, 0.29) is 23.3 Å². The molecule has 4 heterocycles. The Morgan fingerprint density at radius 2 is 2.00 bits per heavy atom. The van der Waals surface area contributed by atoms with Gasteiger partial charge in [-0.2, -0.15) is 5.10 Å². The van der Waals surface area contributed by atoms with Crippen LogP contribution in [0, 0.1) is 17.8 Å². The van der Waals surface area contributed by atoms with Gasteiger partial charge in [-0.3, -0.25) is 9.59 Å². The third kappa shape index (κ3) is 3.21. The molecule has 9 heteroatoms. The number of nitrogens with zero attached hydrogens (tertiary/aromatic N) is 4. The van der Waals surface area contributed by atoms with Gasteiger partial charge in [-0.25, -0.2) is 9.50 Å². The molecule has 9 nitrogen and oxygen atoms in total. The molecule has 2 aliphatic heterocycles. The minimum atomic E-state index is -0.286. The number of piperidine rings is 1. The normalized spacial score (nSPS) is 24.2. The van der Waals surface area contributed by atoms with Gasteiger partial charge in [0.2, 0.25) is 5.91 Å². The molecule has 2 aromatic heterocycles. The van der Waals surface area contributed by atoms with Crippen molar-refractivity contribution in [3.05, 3.63) is 47.9 Å². The van der Waals surface area contributed by atoms with Gasteiger partial charge in [0.15, 0.2) is 5.65 Å². The van der Waals surface area contributed by atoms with E-state index in [4.69, 9.17) is 4.74 Å². The average Bonchev–Trinajstić information content (AvgIpc) is 3.14. The number of hydrogen-bond donors (Lipinski definition) is 2. The maximum absolute atomic E-state index is 13.2. The number of anilines is 2. The van der Waals surface area contributed by atoms with Gasteiger partial charge in [-0.1, -0.05) is 0 Å². The van der Waals surface area contributed by atoms with Crippen molar-refractivity contribution in [2.75, 3.05) is 30.4 Å². The molecular weight excluding hydrogens is 420 g/mol. The van der Waals surface area contributed by atoms with Gasteiger partial charge in [-0.15, -0.1) is 0 Å². The summed E-state index contributed by atoms with van der Waals surface area (Å²) in [7, 11) is 1.69. The van der Waals surface area contributed by atoms with Crippen LogP contribution in [0.2, 0.25) is 0 Å². The van der Waals surface area contributed by atoms with Crippen LogP contribution < -0.4 is 20.3 Å². The lowest BCUT2D eigenvalue weighted by atomic mass is 10.0. The van der Waals surface area contributed by atoms with Gasteiger partial charge in [0.25, 0.3) is 5.91 Å². The highest BCUT2D eigenvalue weighted by Gasteiger charge is 2.59. The number of hydrogen-bond acceptors (Lipinski definition) is 6. The molecule has 2 amide bonds. The molecule has 0 unspecified atom stereocenters. The smallest absolute Gasteiger partial charge is 0.261 e. The van der Waals surface area contributed by atoms with Crippen molar-refractivity contribution in [3.8, 4) is 5.75 Å². The fourth-order valence-electron chi connectivity index (χ4n) is 5.46. The van der Waals surface area contributed by atoms with E-state index in [0.29, 0.717) is 23.0 Å². The second-order valence-corrected chi connectivity index (χ2v) is 9.79. The molecule has 2 N–H and O–H groups in total. The summed E-state index contributed by atoms with van der Waals surface area (Å²) in [5, 5.41) is 10.1. The maximum Gasteiger partial charge on any atom is 0.261 e. The van der Waals surface area contributed by atoms with Gasteiger partial charge in [-0.05, 0) is 37.8 Å². The fraction of sp³-hybridized carbons (Fsp3) is 0.417. The van der Waals surface area contributed by atoms with Gasteiger partial charge in [0.1, 0.15) is 16.9 Å². The van der Waals surface area contributed by atoms with Crippen molar-refractivity contribution in [3.63, 3.8) is 0 Å². The number of rotatable bonds is 4. The molecule has 170 valence electrons. The number of aromatic nitrogens is 3. The molecule has 0 radical (unpaired) electrons. The minimum Gasteiger partial charge on any atom is -0.487 e. The summed E-state index contributed by atoms with van der Waals surface area (Å²) in [6.07, 6.45) is 5.72. The van der Waals surface area contributed by atoms with Crippen LogP contribution in [0.15, 0.2) is 36.8 Å². The second kappa shape index (κ2) is 6.94. The molecule has 2 fully saturated rings. The summed E-state index contributed by atoms with van der Waals surface area (Å²) in [5.41, 5.74) is 3.39. The van der Waals surface area contributed by atoms with E-state index >= 15 is 0 Å². The standard InChI is InChI=1S/C24H26N6O3/c1-24(2)9-13-7-17(28-22(31)14-10-27-30-6-4-5-26-21(14)30)18(8-19(13)33-24)29-11-15-16(12-29)20(15)23(32)25-3/h4-8,10,15-16,20H,9,11-12H2,1-3H3,(H,25,32)(H,28,31)/t15-,16+,20+. The zero-order valence-corrected chi connectivity index (χ0v) is 18.8. The third-order valence-electron chi connectivity index (χ3n) is 7.04. The Morgan fingerprint density at radius 1 is 1.21 bits per heavy atom. The molecule has 0 bridgehead atoms. The SMILES string of the molecule is CNC(=O)[C@H]1[C@@H]2CN(c3cc4c(cc3NC(=O)c3cnn5cccnc35)CC(C)(C)O4)C[C@@H]21. The largest absolute Gasteiger partial charge is 0.487 e. The van der Waals surface area contributed by atoms with Crippen LogP contribution in [0.3, 0.4) is 0 Å². The number of fused-ring (bicyclic) bond motifs is 3. The zero-order chi connectivity index (χ0) is 22.9. The summed E-state index contributed by atoms with van der Waals surface area (Å²) in [4.78, 5) is 31.9. The Bertz CT molecular complexity index is 1290. The highest BCUT2D eigenvalue weighted by molar-refractivity contribution is 6.09. The van der Waals surface area contributed by atoms with Crippen LogP contribution in [0.25, 0.3) is 5.65 Å². The number of carbonyl (C=O) groups excluding carboxylic acids is 2. The molecule has 1 saturated heterocycles. The molecule has 0 spiro atoms. The lowest BCUT2D eigenvalue weighted by Gasteiger charge is -2.25. The van der Waals surface area contributed by atoms with Crippen LogP contribution >= 0.6 is 0 Å². The van der Waals surface area contributed by atoms with Gasteiger partial charge in [0, 0.05) is 56.5 Å². The molecule has 1 aromatic carbocycles. The highest BCUT2D eigenvalue weighted by Crippen LogP contribution is 2.54. The number of ether oxygens (including phenoxy) is 1. The van der Waals surface area contributed by atoms with Crippen molar-refractivity contribution >= 4 is 28.8 Å². The van der Waals surface area contributed by atoms with E-state index in [1.54, 1.807) is 30.0 Å². The van der Waals surface area contributed by atoms with Crippen molar-refractivity contribution in [2.45, 2.75) is 25.9 Å². The summed E-state index contributed by atoms with van der Waals surface area (Å²) in [6.45, 7) is 5.70. The molecule has 33 heavy (non-hydrogen) atoms. The Hall–Kier alpha value is -3.62. The van der Waals surface area contributed by atoms with E-state index in [1.807, 2.05) is 12.1 Å².